The molecular formula is C16H32N2. The minimum atomic E-state index is 0.647. The summed E-state index contributed by atoms with van der Waals surface area (Å²) in [5.74, 6) is 1.74. The second-order valence-corrected chi connectivity index (χ2v) is 6.81. The first kappa shape index (κ1) is 14.3. The van der Waals surface area contributed by atoms with Crippen molar-refractivity contribution in [2.24, 2.45) is 23.0 Å². The standard InChI is InChI=1S/C16H32N2/c1-2-16(9-3-4-10-16)13-18-12-15-7-5-14(11-17)6-8-15/h14-15,18H,2-13,17H2,1H3. The zero-order valence-electron chi connectivity index (χ0n) is 12.2. The average molecular weight is 252 g/mol. The van der Waals surface area contributed by atoms with Gasteiger partial charge in [-0.3, -0.25) is 0 Å². The molecule has 2 fully saturated rings. The van der Waals surface area contributed by atoms with Gasteiger partial charge in [-0.25, -0.2) is 0 Å². The van der Waals surface area contributed by atoms with Gasteiger partial charge in [0.25, 0.3) is 0 Å². The molecular weight excluding hydrogens is 220 g/mol. The van der Waals surface area contributed by atoms with E-state index in [1.165, 1.54) is 70.9 Å². The van der Waals surface area contributed by atoms with E-state index in [1.54, 1.807) is 0 Å². The van der Waals surface area contributed by atoms with E-state index in [4.69, 9.17) is 5.73 Å². The Morgan fingerprint density at radius 1 is 1.06 bits per heavy atom. The zero-order chi connectivity index (χ0) is 12.8. The van der Waals surface area contributed by atoms with Gasteiger partial charge in [0, 0.05) is 6.54 Å². The van der Waals surface area contributed by atoms with Crippen LogP contribution in [0.2, 0.25) is 0 Å². The van der Waals surface area contributed by atoms with Crippen molar-refractivity contribution in [3.63, 3.8) is 0 Å². The number of rotatable bonds is 6. The molecule has 0 aromatic rings. The van der Waals surface area contributed by atoms with E-state index in [0.29, 0.717) is 5.41 Å². The maximum absolute atomic E-state index is 5.75. The third kappa shape index (κ3) is 3.71. The maximum atomic E-state index is 5.75. The first-order valence-electron chi connectivity index (χ1n) is 8.19. The molecule has 0 bridgehead atoms. The SMILES string of the molecule is CCC1(CNCC2CCC(CN)CC2)CCCC1. The van der Waals surface area contributed by atoms with Crippen molar-refractivity contribution in [3.8, 4) is 0 Å². The molecule has 2 nitrogen and oxygen atoms in total. The molecule has 0 radical (unpaired) electrons. The topological polar surface area (TPSA) is 38.0 Å². The van der Waals surface area contributed by atoms with Gasteiger partial charge in [0.15, 0.2) is 0 Å². The normalized spacial score (nSPS) is 31.7. The van der Waals surface area contributed by atoms with E-state index in [-0.39, 0.29) is 0 Å². The maximum Gasteiger partial charge on any atom is 0.000782 e. The summed E-state index contributed by atoms with van der Waals surface area (Å²) in [4.78, 5) is 0. The summed E-state index contributed by atoms with van der Waals surface area (Å²) in [5.41, 5.74) is 6.40. The van der Waals surface area contributed by atoms with Gasteiger partial charge in [-0.2, -0.15) is 0 Å². The Bertz CT molecular complexity index is 225. The van der Waals surface area contributed by atoms with E-state index < -0.39 is 0 Å². The van der Waals surface area contributed by atoms with Crippen LogP contribution in [0, 0.1) is 17.3 Å². The van der Waals surface area contributed by atoms with E-state index >= 15 is 0 Å². The highest BCUT2D eigenvalue weighted by atomic mass is 14.9. The molecule has 2 aliphatic carbocycles. The van der Waals surface area contributed by atoms with E-state index in [9.17, 15) is 0 Å². The molecule has 2 saturated carbocycles. The Morgan fingerprint density at radius 3 is 2.22 bits per heavy atom. The number of nitrogens with one attached hydrogen (secondary N) is 1. The van der Waals surface area contributed by atoms with Crippen LogP contribution in [0.15, 0.2) is 0 Å². The van der Waals surface area contributed by atoms with E-state index in [0.717, 1.165) is 18.4 Å². The molecule has 0 aromatic heterocycles. The van der Waals surface area contributed by atoms with Gasteiger partial charge >= 0.3 is 0 Å². The van der Waals surface area contributed by atoms with Crippen LogP contribution in [0.25, 0.3) is 0 Å². The van der Waals surface area contributed by atoms with Crippen LogP contribution >= 0.6 is 0 Å². The molecule has 2 aliphatic rings. The Labute approximate surface area is 113 Å². The summed E-state index contributed by atoms with van der Waals surface area (Å²) in [6, 6.07) is 0. The first-order valence-corrected chi connectivity index (χ1v) is 8.19. The Morgan fingerprint density at radius 2 is 1.67 bits per heavy atom. The van der Waals surface area contributed by atoms with Crippen molar-refractivity contribution in [2.75, 3.05) is 19.6 Å². The third-order valence-corrected chi connectivity index (χ3v) is 5.65. The van der Waals surface area contributed by atoms with Gasteiger partial charge < -0.3 is 11.1 Å². The van der Waals surface area contributed by atoms with Crippen LogP contribution in [-0.4, -0.2) is 19.6 Å². The number of nitrogens with two attached hydrogens (primary N) is 1. The van der Waals surface area contributed by atoms with Crippen molar-refractivity contribution >= 4 is 0 Å². The van der Waals surface area contributed by atoms with Gasteiger partial charge in [0.2, 0.25) is 0 Å². The minimum absolute atomic E-state index is 0.647. The summed E-state index contributed by atoms with van der Waals surface area (Å²) >= 11 is 0. The first-order chi connectivity index (χ1) is 8.78. The smallest absolute Gasteiger partial charge is 0.000782 e. The Balaban J connectivity index is 1.63. The molecule has 0 aliphatic heterocycles. The summed E-state index contributed by atoms with van der Waals surface area (Å²) in [6.45, 7) is 5.79. The van der Waals surface area contributed by atoms with Gasteiger partial charge in [0.05, 0.1) is 0 Å². The summed E-state index contributed by atoms with van der Waals surface area (Å²) in [6.07, 6.45) is 12.7. The molecule has 106 valence electrons. The summed E-state index contributed by atoms with van der Waals surface area (Å²) in [7, 11) is 0. The van der Waals surface area contributed by atoms with Crippen LogP contribution in [0.4, 0.5) is 0 Å². The molecule has 0 spiro atoms. The molecule has 2 rings (SSSR count). The molecule has 3 N–H and O–H groups in total. The largest absolute Gasteiger partial charge is 0.330 e. The lowest BCUT2D eigenvalue weighted by Crippen LogP contribution is -2.35. The van der Waals surface area contributed by atoms with Crippen LogP contribution < -0.4 is 11.1 Å². The molecule has 0 atom stereocenters. The van der Waals surface area contributed by atoms with Crippen molar-refractivity contribution in [3.05, 3.63) is 0 Å². The van der Waals surface area contributed by atoms with E-state index in [2.05, 4.69) is 12.2 Å². The second-order valence-electron chi connectivity index (χ2n) is 6.81. The lowest BCUT2D eigenvalue weighted by Gasteiger charge is -2.31. The Hall–Kier alpha value is -0.0800. The average Bonchev–Trinajstić information content (AvgIpc) is 2.89. The lowest BCUT2D eigenvalue weighted by molar-refractivity contribution is 0.235. The highest BCUT2D eigenvalue weighted by Gasteiger charge is 2.31. The van der Waals surface area contributed by atoms with Crippen molar-refractivity contribution in [2.45, 2.75) is 64.7 Å². The molecule has 0 unspecified atom stereocenters. The highest BCUT2D eigenvalue weighted by molar-refractivity contribution is 4.86. The number of hydrogen-bond acceptors (Lipinski definition) is 2. The number of hydrogen-bond donors (Lipinski definition) is 2. The summed E-state index contributed by atoms with van der Waals surface area (Å²) in [5, 5.41) is 3.79. The predicted octanol–water partition coefficient (Wildman–Crippen LogP) is 3.31. The van der Waals surface area contributed by atoms with Gasteiger partial charge in [-0.1, -0.05) is 19.8 Å². The van der Waals surface area contributed by atoms with Crippen molar-refractivity contribution < 1.29 is 0 Å². The quantitative estimate of drug-likeness (QED) is 0.761. The van der Waals surface area contributed by atoms with Gasteiger partial charge in [-0.05, 0) is 75.3 Å². The Kier molecular flexibility index (Phi) is 5.50. The molecule has 0 heterocycles. The monoisotopic (exact) mass is 252 g/mol. The van der Waals surface area contributed by atoms with Crippen LogP contribution in [0.1, 0.15) is 64.7 Å². The predicted molar refractivity (Wildman–Crippen MR) is 78.6 cm³/mol. The van der Waals surface area contributed by atoms with Crippen molar-refractivity contribution in [1.82, 2.24) is 5.32 Å². The van der Waals surface area contributed by atoms with Crippen LogP contribution in [-0.2, 0) is 0 Å². The van der Waals surface area contributed by atoms with Crippen molar-refractivity contribution in [1.29, 1.82) is 0 Å². The van der Waals surface area contributed by atoms with Gasteiger partial charge in [-0.15, -0.1) is 0 Å². The van der Waals surface area contributed by atoms with Crippen LogP contribution in [0.3, 0.4) is 0 Å². The fraction of sp³-hybridized carbons (Fsp3) is 1.00. The third-order valence-electron chi connectivity index (χ3n) is 5.65. The zero-order valence-corrected chi connectivity index (χ0v) is 12.2. The van der Waals surface area contributed by atoms with Crippen LogP contribution in [0.5, 0.6) is 0 Å². The molecule has 18 heavy (non-hydrogen) atoms. The molecule has 0 aromatic carbocycles. The fourth-order valence-corrected chi connectivity index (χ4v) is 3.99. The fourth-order valence-electron chi connectivity index (χ4n) is 3.99. The highest BCUT2D eigenvalue weighted by Crippen LogP contribution is 2.40. The lowest BCUT2D eigenvalue weighted by atomic mass is 9.81. The summed E-state index contributed by atoms with van der Waals surface area (Å²) < 4.78 is 0. The van der Waals surface area contributed by atoms with Gasteiger partial charge in [0.1, 0.15) is 0 Å². The second kappa shape index (κ2) is 6.91. The minimum Gasteiger partial charge on any atom is -0.330 e. The molecule has 2 heteroatoms. The molecule has 0 amide bonds. The van der Waals surface area contributed by atoms with E-state index in [1.807, 2.05) is 0 Å². The molecule has 0 saturated heterocycles.